The van der Waals surface area contributed by atoms with Crippen LogP contribution in [-0.2, 0) is 17.7 Å². The van der Waals surface area contributed by atoms with E-state index in [0.717, 1.165) is 58.5 Å². The number of pyridine rings is 3. The second-order valence-electron chi connectivity index (χ2n) is 6.31. The van der Waals surface area contributed by atoms with Crippen LogP contribution in [0.5, 0.6) is 0 Å². The molecular formula is C22H24N4OS. The number of thioether (sulfide) groups is 1. The number of hydrogen-bond donors (Lipinski definition) is 0. The molecule has 0 aliphatic carbocycles. The highest BCUT2D eigenvalue weighted by atomic mass is 32.2. The maximum atomic E-state index is 4.83. The van der Waals surface area contributed by atoms with Crippen molar-refractivity contribution in [3.8, 4) is 11.4 Å². The lowest BCUT2D eigenvalue weighted by atomic mass is 10.1. The first-order chi connectivity index (χ1) is 13.7. The molecule has 0 aliphatic rings. The van der Waals surface area contributed by atoms with E-state index in [9.17, 15) is 0 Å². The monoisotopic (exact) mass is 392 g/mol. The number of oxime groups is 1. The first kappa shape index (κ1) is 20.0. The summed E-state index contributed by atoms with van der Waals surface area (Å²) < 4.78 is 0. The minimum atomic E-state index is 0.777. The van der Waals surface area contributed by atoms with Crippen molar-refractivity contribution in [3.05, 3.63) is 71.7 Å². The molecule has 0 saturated heterocycles. The van der Waals surface area contributed by atoms with E-state index in [4.69, 9.17) is 9.82 Å². The molecule has 0 fully saturated rings. The number of nitrogens with zero attached hydrogens (tertiary/aromatic N) is 4. The van der Waals surface area contributed by atoms with Gasteiger partial charge in [-0.3, -0.25) is 9.97 Å². The van der Waals surface area contributed by atoms with Crippen LogP contribution in [0, 0.1) is 0 Å². The van der Waals surface area contributed by atoms with Gasteiger partial charge in [0.15, 0.2) is 0 Å². The average molecular weight is 393 g/mol. The van der Waals surface area contributed by atoms with Crippen LogP contribution in [0.15, 0.2) is 64.8 Å². The molecule has 0 radical (unpaired) electrons. The van der Waals surface area contributed by atoms with Crippen LogP contribution in [0.3, 0.4) is 0 Å². The zero-order valence-electron chi connectivity index (χ0n) is 16.4. The van der Waals surface area contributed by atoms with E-state index in [2.05, 4.69) is 27.3 Å². The van der Waals surface area contributed by atoms with Crippen LogP contribution in [0.25, 0.3) is 11.4 Å². The van der Waals surface area contributed by atoms with Crippen molar-refractivity contribution in [2.75, 3.05) is 13.4 Å². The predicted molar refractivity (Wildman–Crippen MR) is 115 cm³/mol. The molecule has 28 heavy (non-hydrogen) atoms. The molecule has 5 nitrogen and oxygen atoms in total. The summed E-state index contributed by atoms with van der Waals surface area (Å²) >= 11 is 1.64. The number of aromatic nitrogens is 3. The molecule has 3 aromatic heterocycles. The van der Waals surface area contributed by atoms with Crippen molar-refractivity contribution in [2.24, 2.45) is 5.16 Å². The van der Waals surface area contributed by atoms with Crippen molar-refractivity contribution in [3.63, 3.8) is 0 Å². The van der Waals surface area contributed by atoms with Gasteiger partial charge in [-0.15, -0.1) is 11.8 Å². The van der Waals surface area contributed by atoms with Crippen molar-refractivity contribution in [2.45, 2.75) is 31.2 Å². The summed E-state index contributed by atoms with van der Waals surface area (Å²) in [5.41, 5.74) is 5.57. The minimum absolute atomic E-state index is 0.777. The predicted octanol–water partition coefficient (Wildman–Crippen LogP) is 4.81. The highest BCUT2D eigenvalue weighted by molar-refractivity contribution is 7.98. The third kappa shape index (κ3) is 5.39. The Morgan fingerprint density at radius 1 is 0.893 bits per heavy atom. The number of rotatable bonds is 8. The van der Waals surface area contributed by atoms with Crippen LogP contribution in [0.4, 0.5) is 0 Å². The fourth-order valence-corrected chi connectivity index (χ4v) is 3.29. The van der Waals surface area contributed by atoms with Gasteiger partial charge in [-0.25, -0.2) is 4.98 Å². The molecule has 0 atom stereocenters. The smallest absolute Gasteiger partial charge is 0.106 e. The standard InChI is InChI=1S/C22H24N4OS/c1-16(26-27-2)19-12-5-10-17(23-19)8-4-9-18-11-6-13-20(24-18)21-14-7-15-22(25-21)28-3/h5-7,10-15H,4,8-9H2,1-3H3. The van der Waals surface area contributed by atoms with E-state index in [1.54, 1.807) is 18.9 Å². The van der Waals surface area contributed by atoms with E-state index in [1.807, 2.05) is 55.6 Å². The van der Waals surface area contributed by atoms with Gasteiger partial charge in [0.05, 0.1) is 22.1 Å². The third-order valence-corrected chi connectivity index (χ3v) is 4.92. The van der Waals surface area contributed by atoms with E-state index in [1.165, 1.54) is 0 Å². The quantitative estimate of drug-likeness (QED) is 0.313. The summed E-state index contributed by atoms with van der Waals surface area (Å²) in [5, 5.41) is 4.95. The molecule has 0 amide bonds. The summed E-state index contributed by atoms with van der Waals surface area (Å²) in [7, 11) is 1.54. The van der Waals surface area contributed by atoms with E-state index >= 15 is 0 Å². The molecule has 0 aromatic carbocycles. The normalized spacial score (nSPS) is 11.5. The Balaban J connectivity index is 1.64. The highest BCUT2D eigenvalue weighted by Gasteiger charge is 2.06. The summed E-state index contributed by atoms with van der Waals surface area (Å²) in [6.45, 7) is 1.89. The van der Waals surface area contributed by atoms with Crippen molar-refractivity contribution >= 4 is 17.5 Å². The molecule has 0 N–H and O–H groups in total. The van der Waals surface area contributed by atoms with Gasteiger partial charge in [0.1, 0.15) is 12.8 Å². The lowest BCUT2D eigenvalue weighted by Gasteiger charge is -2.06. The molecular weight excluding hydrogens is 368 g/mol. The fourth-order valence-electron chi connectivity index (χ4n) is 2.89. The molecule has 0 aliphatic heterocycles. The van der Waals surface area contributed by atoms with Gasteiger partial charge in [-0.2, -0.15) is 0 Å². The molecule has 3 aromatic rings. The molecule has 3 heterocycles. The topological polar surface area (TPSA) is 60.3 Å². The van der Waals surface area contributed by atoms with Gasteiger partial charge in [-0.1, -0.05) is 23.4 Å². The lowest BCUT2D eigenvalue weighted by Crippen LogP contribution is -2.03. The maximum absolute atomic E-state index is 4.83. The second kappa shape index (κ2) is 9.99. The lowest BCUT2D eigenvalue weighted by molar-refractivity contribution is 0.213. The van der Waals surface area contributed by atoms with Crippen LogP contribution in [0.2, 0.25) is 0 Å². The Morgan fingerprint density at radius 3 is 2.25 bits per heavy atom. The van der Waals surface area contributed by atoms with Crippen molar-refractivity contribution in [1.82, 2.24) is 15.0 Å². The Hall–Kier alpha value is -2.73. The van der Waals surface area contributed by atoms with Gasteiger partial charge in [-0.05, 0) is 68.8 Å². The number of aryl methyl sites for hydroxylation is 2. The van der Waals surface area contributed by atoms with E-state index in [-0.39, 0.29) is 0 Å². The summed E-state index contributed by atoms with van der Waals surface area (Å²) in [5.74, 6) is 0. The Morgan fingerprint density at radius 2 is 1.54 bits per heavy atom. The van der Waals surface area contributed by atoms with Crippen LogP contribution >= 0.6 is 11.8 Å². The van der Waals surface area contributed by atoms with Gasteiger partial charge in [0, 0.05) is 11.4 Å². The Bertz CT molecular complexity index is 959. The van der Waals surface area contributed by atoms with Gasteiger partial charge < -0.3 is 4.84 Å². The molecule has 0 unspecified atom stereocenters. The van der Waals surface area contributed by atoms with Crippen molar-refractivity contribution in [1.29, 1.82) is 0 Å². The largest absolute Gasteiger partial charge is 0.399 e. The SMILES string of the molecule is CON=C(C)c1cccc(CCCc2cccc(-c3cccc(SC)n3)n2)n1. The Kier molecular flexibility index (Phi) is 7.14. The highest BCUT2D eigenvalue weighted by Crippen LogP contribution is 2.19. The fraction of sp³-hybridized carbons (Fsp3) is 0.273. The second-order valence-corrected chi connectivity index (χ2v) is 7.13. The van der Waals surface area contributed by atoms with Crippen LogP contribution in [0.1, 0.15) is 30.4 Å². The average Bonchev–Trinajstić information content (AvgIpc) is 2.74. The van der Waals surface area contributed by atoms with Gasteiger partial charge in [0.2, 0.25) is 0 Å². The molecule has 144 valence electrons. The first-order valence-corrected chi connectivity index (χ1v) is 10.4. The molecule has 0 spiro atoms. The van der Waals surface area contributed by atoms with Crippen molar-refractivity contribution < 1.29 is 4.84 Å². The zero-order chi connectivity index (χ0) is 19.8. The zero-order valence-corrected chi connectivity index (χ0v) is 17.2. The third-order valence-electron chi connectivity index (χ3n) is 4.27. The van der Waals surface area contributed by atoms with Crippen LogP contribution in [-0.4, -0.2) is 34.0 Å². The molecule has 0 bridgehead atoms. The van der Waals surface area contributed by atoms with E-state index < -0.39 is 0 Å². The molecule has 6 heteroatoms. The van der Waals surface area contributed by atoms with Gasteiger partial charge in [0.25, 0.3) is 0 Å². The molecule has 3 rings (SSSR count). The summed E-state index contributed by atoms with van der Waals surface area (Å²) in [6.07, 6.45) is 4.79. The maximum Gasteiger partial charge on any atom is 0.106 e. The summed E-state index contributed by atoms with van der Waals surface area (Å²) in [6, 6.07) is 18.2. The van der Waals surface area contributed by atoms with Gasteiger partial charge >= 0.3 is 0 Å². The van der Waals surface area contributed by atoms with E-state index in [0.29, 0.717) is 0 Å². The molecule has 0 saturated carbocycles. The first-order valence-electron chi connectivity index (χ1n) is 9.21. The Labute approximate surface area is 170 Å². The van der Waals surface area contributed by atoms with Crippen LogP contribution < -0.4 is 0 Å². The number of hydrogen-bond acceptors (Lipinski definition) is 6. The minimum Gasteiger partial charge on any atom is -0.399 e. The summed E-state index contributed by atoms with van der Waals surface area (Å²) in [4.78, 5) is 18.9.